The summed E-state index contributed by atoms with van der Waals surface area (Å²) in [6.07, 6.45) is 3.50. The molecule has 1 aromatic rings. The summed E-state index contributed by atoms with van der Waals surface area (Å²) in [4.78, 5) is 15.0. The molecule has 1 amide bonds. The summed E-state index contributed by atoms with van der Waals surface area (Å²) in [5.41, 5.74) is 0.874. The summed E-state index contributed by atoms with van der Waals surface area (Å²) in [5, 5.41) is 9.83. The van der Waals surface area contributed by atoms with Crippen LogP contribution in [-0.2, 0) is 10.2 Å². The normalized spacial score (nSPS) is 28.8. The Hall–Kier alpha value is -1.35. The van der Waals surface area contributed by atoms with Crippen LogP contribution >= 0.6 is 0 Å². The van der Waals surface area contributed by atoms with Gasteiger partial charge < -0.3 is 10.0 Å². The van der Waals surface area contributed by atoms with Crippen LogP contribution in [0.5, 0.6) is 0 Å². The smallest absolute Gasteiger partial charge is 0.233 e. The van der Waals surface area contributed by atoms with Crippen LogP contribution in [0.1, 0.15) is 38.2 Å². The largest absolute Gasteiger partial charge is 0.393 e. The molecule has 1 N–H and O–H groups in total. The van der Waals surface area contributed by atoms with Gasteiger partial charge in [-0.1, -0.05) is 43.7 Å². The van der Waals surface area contributed by atoms with E-state index in [0.717, 1.165) is 24.8 Å². The number of hydrogen-bond acceptors (Lipinski definition) is 2. The molecule has 1 saturated carbocycles. The second-order valence-corrected chi connectivity index (χ2v) is 6.39. The topological polar surface area (TPSA) is 40.5 Å². The molecule has 3 rings (SSSR count). The first-order chi connectivity index (χ1) is 9.63. The molecule has 1 aliphatic carbocycles. The molecule has 0 bridgehead atoms. The minimum Gasteiger partial charge on any atom is -0.393 e. The number of carbonyl (C=O) groups is 1. The van der Waals surface area contributed by atoms with Crippen molar-refractivity contribution in [1.82, 2.24) is 4.90 Å². The molecule has 1 aliphatic heterocycles. The predicted octanol–water partition coefficient (Wildman–Crippen LogP) is 2.34. The monoisotopic (exact) mass is 273 g/mol. The van der Waals surface area contributed by atoms with Crippen LogP contribution in [0, 0.1) is 5.92 Å². The van der Waals surface area contributed by atoms with Crippen molar-refractivity contribution in [3.63, 3.8) is 0 Å². The zero-order valence-corrected chi connectivity index (χ0v) is 12.1. The van der Waals surface area contributed by atoms with Crippen LogP contribution in [0.2, 0.25) is 0 Å². The predicted molar refractivity (Wildman–Crippen MR) is 78.3 cm³/mol. The van der Waals surface area contributed by atoms with Crippen LogP contribution in [-0.4, -0.2) is 35.1 Å². The number of benzene rings is 1. The number of amides is 1. The highest BCUT2D eigenvalue weighted by Crippen LogP contribution is 2.45. The standard InChI is InChI=1S/C17H23NO2/c1-13-12-18(11-8-15(13)19)16(20)17(9-5-10-17)14-6-3-2-4-7-14/h2-4,6-7,13,15,19H,5,8-12H2,1H3. The van der Waals surface area contributed by atoms with Gasteiger partial charge in [-0.25, -0.2) is 0 Å². The summed E-state index contributed by atoms with van der Waals surface area (Å²) < 4.78 is 0. The third-order valence-electron chi connectivity index (χ3n) is 5.09. The summed E-state index contributed by atoms with van der Waals surface area (Å²) in [6.45, 7) is 3.41. The van der Waals surface area contributed by atoms with Gasteiger partial charge in [0.15, 0.2) is 0 Å². The van der Waals surface area contributed by atoms with E-state index in [2.05, 4.69) is 12.1 Å². The number of likely N-dealkylation sites (tertiary alicyclic amines) is 1. The lowest BCUT2D eigenvalue weighted by atomic mass is 9.63. The van der Waals surface area contributed by atoms with Crippen molar-refractivity contribution in [1.29, 1.82) is 0 Å². The molecule has 2 atom stereocenters. The minimum atomic E-state index is -0.288. The maximum absolute atomic E-state index is 13.0. The molecule has 2 aliphatic rings. The second kappa shape index (κ2) is 5.21. The Kier molecular flexibility index (Phi) is 3.55. The van der Waals surface area contributed by atoms with E-state index in [0.29, 0.717) is 19.5 Å². The molecule has 108 valence electrons. The second-order valence-electron chi connectivity index (χ2n) is 6.39. The fourth-order valence-corrected chi connectivity index (χ4v) is 3.53. The van der Waals surface area contributed by atoms with Gasteiger partial charge in [0.25, 0.3) is 0 Å². The van der Waals surface area contributed by atoms with Crippen LogP contribution in [0.25, 0.3) is 0 Å². The van der Waals surface area contributed by atoms with Gasteiger partial charge in [-0.05, 0) is 30.7 Å². The van der Waals surface area contributed by atoms with Gasteiger partial charge in [0.05, 0.1) is 11.5 Å². The van der Waals surface area contributed by atoms with E-state index < -0.39 is 0 Å². The molecule has 1 saturated heterocycles. The molecule has 1 aromatic carbocycles. The molecule has 3 heteroatoms. The molecule has 20 heavy (non-hydrogen) atoms. The molecule has 1 heterocycles. The van der Waals surface area contributed by atoms with Gasteiger partial charge in [-0.2, -0.15) is 0 Å². The number of piperidine rings is 1. The van der Waals surface area contributed by atoms with Crippen molar-refractivity contribution < 1.29 is 9.90 Å². The van der Waals surface area contributed by atoms with E-state index >= 15 is 0 Å². The lowest BCUT2D eigenvalue weighted by Gasteiger charge is -2.46. The Bertz CT molecular complexity index is 481. The van der Waals surface area contributed by atoms with Crippen LogP contribution in [0.3, 0.4) is 0 Å². The average molecular weight is 273 g/mol. The van der Waals surface area contributed by atoms with Crippen LogP contribution in [0.4, 0.5) is 0 Å². The Morgan fingerprint density at radius 1 is 1.30 bits per heavy atom. The average Bonchev–Trinajstić information content (AvgIpc) is 2.42. The fourth-order valence-electron chi connectivity index (χ4n) is 3.53. The zero-order chi connectivity index (χ0) is 14.2. The van der Waals surface area contributed by atoms with Gasteiger partial charge in [-0.15, -0.1) is 0 Å². The fraction of sp³-hybridized carbons (Fsp3) is 0.588. The lowest BCUT2D eigenvalue weighted by molar-refractivity contribution is -0.144. The van der Waals surface area contributed by atoms with Crippen molar-refractivity contribution in [3.8, 4) is 0 Å². The molecule has 0 aromatic heterocycles. The van der Waals surface area contributed by atoms with Crippen LogP contribution < -0.4 is 0 Å². The Morgan fingerprint density at radius 3 is 2.55 bits per heavy atom. The molecular formula is C17H23NO2. The highest BCUT2D eigenvalue weighted by molar-refractivity contribution is 5.89. The van der Waals surface area contributed by atoms with E-state index in [1.165, 1.54) is 0 Å². The quantitative estimate of drug-likeness (QED) is 0.898. The van der Waals surface area contributed by atoms with E-state index in [9.17, 15) is 9.90 Å². The molecule has 2 unspecified atom stereocenters. The first-order valence-corrected chi connectivity index (χ1v) is 7.66. The molecule has 3 nitrogen and oxygen atoms in total. The lowest BCUT2D eigenvalue weighted by Crippen LogP contribution is -2.55. The maximum atomic E-state index is 13.0. The van der Waals surface area contributed by atoms with E-state index in [1.54, 1.807) is 0 Å². The van der Waals surface area contributed by atoms with Crippen molar-refractivity contribution in [2.45, 2.75) is 44.1 Å². The molecule has 0 spiro atoms. The summed E-state index contributed by atoms with van der Waals surface area (Å²) in [5.74, 6) is 0.453. The van der Waals surface area contributed by atoms with Gasteiger partial charge in [-0.3, -0.25) is 4.79 Å². The van der Waals surface area contributed by atoms with Gasteiger partial charge in [0, 0.05) is 13.1 Å². The van der Waals surface area contributed by atoms with Crippen LogP contribution in [0.15, 0.2) is 30.3 Å². The van der Waals surface area contributed by atoms with Gasteiger partial charge >= 0.3 is 0 Å². The third-order valence-corrected chi connectivity index (χ3v) is 5.09. The van der Waals surface area contributed by atoms with Crippen molar-refractivity contribution in [2.75, 3.05) is 13.1 Å². The number of aliphatic hydroxyl groups excluding tert-OH is 1. The number of nitrogens with zero attached hydrogens (tertiary/aromatic N) is 1. The first kappa shape index (κ1) is 13.6. The molecule has 0 radical (unpaired) electrons. The summed E-state index contributed by atoms with van der Waals surface area (Å²) in [7, 11) is 0. The Labute approximate surface area is 120 Å². The van der Waals surface area contributed by atoms with E-state index in [1.807, 2.05) is 30.0 Å². The van der Waals surface area contributed by atoms with E-state index in [-0.39, 0.29) is 23.3 Å². The van der Waals surface area contributed by atoms with Gasteiger partial charge in [0.1, 0.15) is 0 Å². The highest BCUT2D eigenvalue weighted by Gasteiger charge is 2.48. The maximum Gasteiger partial charge on any atom is 0.233 e. The number of aliphatic hydroxyl groups is 1. The summed E-state index contributed by atoms with van der Waals surface area (Å²) >= 11 is 0. The zero-order valence-electron chi connectivity index (χ0n) is 12.1. The first-order valence-electron chi connectivity index (χ1n) is 7.66. The molecule has 2 fully saturated rings. The summed E-state index contributed by atoms with van der Waals surface area (Å²) in [6, 6.07) is 10.2. The van der Waals surface area contributed by atoms with Crippen molar-refractivity contribution in [2.24, 2.45) is 5.92 Å². The SMILES string of the molecule is CC1CN(C(=O)C2(c3ccccc3)CCC2)CCC1O. The van der Waals surface area contributed by atoms with Crippen molar-refractivity contribution in [3.05, 3.63) is 35.9 Å². The van der Waals surface area contributed by atoms with Gasteiger partial charge in [0.2, 0.25) is 5.91 Å². The van der Waals surface area contributed by atoms with E-state index in [4.69, 9.17) is 0 Å². The third kappa shape index (κ3) is 2.14. The Morgan fingerprint density at radius 2 is 2.00 bits per heavy atom. The number of rotatable bonds is 2. The number of hydrogen-bond donors (Lipinski definition) is 1. The molecular weight excluding hydrogens is 250 g/mol. The number of carbonyl (C=O) groups excluding carboxylic acids is 1. The Balaban J connectivity index is 1.82. The highest BCUT2D eigenvalue weighted by atomic mass is 16.3. The minimum absolute atomic E-state index is 0.181. The van der Waals surface area contributed by atoms with Crippen molar-refractivity contribution >= 4 is 5.91 Å².